The highest BCUT2D eigenvalue weighted by atomic mass is 32.2. The molecule has 0 fully saturated rings. The fraction of sp³-hybridized carbons (Fsp3) is 0.571. The van der Waals surface area contributed by atoms with Crippen LogP contribution in [0.5, 0.6) is 0 Å². The molecule has 0 amide bonds. The number of aromatic nitrogens is 2. The summed E-state index contributed by atoms with van der Waals surface area (Å²) in [5.74, 6) is 3.37. The molecule has 0 bridgehead atoms. The van der Waals surface area contributed by atoms with Crippen molar-refractivity contribution in [3.05, 3.63) is 16.8 Å². The fourth-order valence-electron chi connectivity index (χ4n) is 2.00. The normalized spacial score (nSPS) is 12.8. The zero-order valence-electron chi connectivity index (χ0n) is 12.0. The highest BCUT2D eigenvalue weighted by molar-refractivity contribution is 7.99. The van der Waals surface area contributed by atoms with Crippen LogP contribution < -0.4 is 5.32 Å². The summed E-state index contributed by atoms with van der Waals surface area (Å²) in [7, 11) is 0. The van der Waals surface area contributed by atoms with Crippen LogP contribution in [-0.2, 0) is 0 Å². The van der Waals surface area contributed by atoms with Crippen molar-refractivity contribution >= 4 is 39.1 Å². The second-order valence-corrected chi connectivity index (χ2v) is 7.31. The number of rotatable bonds is 6. The van der Waals surface area contributed by atoms with Crippen molar-refractivity contribution in [2.24, 2.45) is 0 Å². The summed E-state index contributed by atoms with van der Waals surface area (Å²) in [6.45, 7) is 8.72. The van der Waals surface area contributed by atoms with E-state index < -0.39 is 0 Å². The number of nitrogens with zero attached hydrogens (tertiary/aromatic N) is 2. The van der Waals surface area contributed by atoms with E-state index in [1.165, 1.54) is 27.3 Å². The van der Waals surface area contributed by atoms with Crippen molar-refractivity contribution in [2.45, 2.75) is 40.2 Å². The molecular formula is C14H21N3S2. The van der Waals surface area contributed by atoms with Crippen molar-refractivity contribution in [1.29, 1.82) is 0 Å². The Balaban J connectivity index is 2.16. The minimum absolute atomic E-state index is 0.441. The third-order valence-electron chi connectivity index (χ3n) is 3.25. The summed E-state index contributed by atoms with van der Waals surface area (Å²) in [6, 6.07) is 0.441. The van der Waals surface area contributed by atoms with Gasteiger partial charge in [-0.15, -0.1) is 11.3 Å². The molecule has 5 heteroatoms. The number of aryl methyl sites for hydroxylation is 2. The van der Waals surface area contributed by atoms with E-state index in [0.717, 1.165) is 17.1 Å². The largest absolute Gasteiger partial charge is 0.367 e. The molecule has 2 rings (SSSR count). The number of fused-ring (bicyclic) bond motifs is 1. The molecule has 0 aliphatic carbocycles. The second-order valence-electron chi connectivity index (χ2n) is 4.72. The van der Waals surface area contributed by atoms with Gasteiger partial charge in [0.1, 0.15) is 17.0 Å². The molecule has 104 valence electrons. The molecule has 0 radical (unpaired) electrons. The van der Waals surface area contributed by atoms with Gasteiger partial charge in [0.05, 0.1) is 5.39 Å². The summed E-state index contributed by atoms with van der Waals surface area (Å²) in [6.07, 6.45) is 2.82. The zero-order chi connectivity index (χ0) is 13.8. The lowest BCUT2D eigenvalue weighted by Gasteiger charge is -2.15. The lowest BCUT2D eigenvalue weighted by molar-refractivity contribution is 0.767. The molecule has 0 spiro atoms. The van der Waals surface area contributed by atoms with E-state index in [0.29, 0.717) is 6.04 Å². The molecule has 0 aliphatic rings. The van der Waals surface area contributed by atoms with Gasteiger partial charge in [-0.05, 0) is 44.3 Å². The summed E-state index contributed by atoms with van der Waals surface area (Å²) in [4.78, 5) is 11.2. The molecule has 2 heterocycles. The lowest BCUT2D eigenvalue weighted by Crippen LogP contribution is -2.17. The molecule has 2 aromatic heterocycles. The van der Waals surface area contributed by atoms with Gasteiger partial charge in [-0.3, -0.25) is 0 Å². The smallest absolute Gasteiger partial charge is 0.138 e. The standard InChI is InChI=1S/C14H21N3S2/c1-5-18-7-6-9(2)17-13-12-10(3)11(4)19-14(12)16-8-15-13/h8-9H,5-7H2,1-4H3,(H,15,16,17). The van der Waals surface area contributed by atoms with Crippen LogP contribution >= 0.6 is 23.1 Å². The monoisotopic (exact) mass is 295 g/mol. The first-order valence-corrected chi connectivity index (χ1v) is 8.65. The van der Waals surface area contributed by atoms with E-state index in [1.54, 1.807) is 17.7 Å². The molecule has 0 aliphatic heterocycles. The van der Waals surface area contributed by atoms with Crippen LogP contribution in [-0.4, -0.2) is 27.5 Å². The van der Waals surface area contributed by atoms with E-state index in [-0.39, 0.29) is 0 Å². The Morgan fingerprint density at radius 2 is 2.16 bits per heavy atom. The second kappa shape index (κ2) is 6.57. The zero-order valence-corrected chi connectivity index (χ0v) is 13.6. The maximum Gasteiger partial charge on any atom is 0.138 e. The topological polar surface area (TPSA) is 37.8 Å². The summed E-state index contributed by atoms with van der Waals surface area (Å²) < 4.78 is 0. The van der Waals surface area contributed by atoms with Crippen LogP contribution in [0, 0.1) is 13.8 Å². The van der Waals surface area contributed by atoms with E-state index >= 15 is 0 Å². The number of anilines is 1. The van der Waals surface area contributed by atoms with Crippen molar-refractivity contribution in [3.63, 3.8) is 0 Å². The van der Waals surface area contributed by atoms with Gasteiger partial charge in [-0.25, -0.2) is 9.97 Å². The Bertz CT molecular complexity index is 551. The van der Waals surface area contributed by atoms with Gasteiger partial charge in [-0.2, -0.15) is 11.8 Å². The van der Waals surface area contributed by atoms with Crippen LogP contribution in [0.15, 0.2) is 6.33 Å². The van der Waals surface area contributed by atoms with Crippen molar-refractivity contribution < 1.29 is 0 Å². The number of thiophene rings is 1. The summed E-state index contributed by atoms with van der Waals surface area (Å²) >= 11 is 3.73. The van der Waals surface area contributed by atoms with Crippen LogP contribution in [0.4, 0.5) is 5.82 Å². The quantitative estimate of drug-likeness (QED) is 0.808. The highest BCUT2D eigenvalue weighted by Crippen LogP contribution is 2.32. The van der Waals surface area contributed by atoms with Crippen molar-refractivity contribution in [3.8, 4) is 0 Å². The van der Waals surface area contributed by atoms with Gasteiger partial charge in [0.2, 0.25) is 0 Å². The highest BCUT2D eigenvalue weighted by Gasteiger charge is 2.13. The predicted molar refractivity (Wildman–Crippen MR) is 87.6 cm³/mol. The van der Waals surface area contributed by atoms with Gasteiger partial charge in [0.25, 0.3) is 0 Å². The Labute approximate surface area is 123 Å². The van der Waals surface area contributed by atoms with Crippen molar-refractivity contribution in [2.75, 3.05) is 16.8 Å². The predicted octanol–water partition coefficient (Wildman–Crippen LogP) is 4.25. The van der Waals surface area contributed by atoms with E-state index in [9.17, 15) is 0 Å². The number of hydrogen-bond donors (Lipinski definition) is 1. The van der Waals surface area contributed by atoms with Crippen LogP contribution in [0.25, 0.3) is 10.2 Å². The maximum absolute atomic E-state index is 4.43. The third kappa shape index (κ3) is 3.39. The molecule has 0 aromatic carbocycles. The molecule has 1 atom stereocenters. The number of thioether (sulfide) groups is 1. The van der Waals surface area contributed by atoms with Gasteiger partial charge in [0, 0.05) is 10.9 Å². The van der Waals surface area contributed by atoms with Gasteiger partial charge in [-0.1, -0.05) is 6.92 Å². The molecular weight excluding hydrogens is 274 g/mol. The maximum atomic E-state index is 4.43. The molecule has 0 saturated carbocycles. The number of nitrogens with one attached hydrogen (secondary N) is 1. The minimum Gasteiger partial charge on any atom is -0.367 e. The molecule has 3 nitrogen and oxygen atoms in total. The van der Waals surface area contributed by atoms with E-state index in [2.05, 4.69) is 43.0 Å². The third-order valence-corrected chi connectivity index (χ3v) is 5.30. The average Bonchev–Trinajstić information content (AvgIpc) is 2.66. The molecule has 0 saturated heterocycles. The van der Waals surface area contributed by atoms with E-state index in [1.807, 2.05) is 11.8 Å². The fourth-order valence-corrected chi connectivity index (χ4v) is 3.81. The first kappa shape index (κ1) is 14.6. The molecule has 2 aromatic rings. The number of hydrogen-bond acceptors (Lipinski definition) is 5. The lowest BCUT2D eigenvalue weighted by atomic mass is 10.2. The van der Waals surface area contributed by atoms with Gasteiger partial charge >= 0.3 is 0 Å². The molecule has 1 unspecified atom stereocenters. The van der Waals surface area contributed by atoms with Crippen LogP contribution in [0.1, 0.15) is 30.7 Å². The van der Waals surface area contributed by atoms with Gasteiger partial charge in [0.15, 0.2) is 0 Å². The summed E-state index contributed by atoms with van der Waals surface area (Å²) in [5.41, 5.74) is 1.30. The minimum atomic E-state index is 0.441. The first-order chi connectivity index (χ1) is 9.13. The molecule has 1 N–H and O–H groups in total. The van der Waals surface area contributed by atoms with Crippen LogP contribution in [0.2, 0.25) is 0 Å². The Morgan fingerprint density at radius 3 is 2.89 bits per heavy atom. The summed E-state index contributed by atoms with van der Waals surface area (Å²) in [5, 5.41) is 4.73. The molecule has 19 heavy (non-hydrogen) atoms. The SMILES string of the molecule is CCSCCC(C)Nc1ncnc2sc(C)c(C)c12. The Kier molecular flexibility index (Phi) is 5.05. The van der Waals surface area contributed by atoms with Crippen LogP contribution in [0.3, 0.4) is 0 Å². The first-order valence-electron chi connectivity index (χ1n) is 6.68. The van der Waals surface area contributed by atoms with Crippen molar-refractivity contribution in [1.82, 2.24) is 9.97 Å². The Morgan fingerprint density at radius 1 is 1.37 bits per heavy atom. The van der Waals surface area contributed by atoms with Gasteiger partial charge < -0.3 is 5.32 Å². The average molecular weight is 295 g/mol. The Hall–Kier alpha value is -0.810. The van der Waals surface area contributed by atoms with E-state index in [4.69, 9.17) is 0 Å².